The van der Waals surface area contributed by atoms with Gasteiger partial charge < -0.3 is 25.3 Å². The third kappa shape index (κ3) is 3.79. The fraction of sp³-hybridized carbons (Fsp3) is 0.421. The molecule has 0 radical (unpaired) electrons. The van der Waals surface area contributed by atoms with Gasteiger partial charge in [0.15, 0.2) is 0 Å². The molecule has 0 unspecified atom stereocenters. The second kappa shape index (κ2) is 7.54. The highest BCUT2D eigenvalue weighted by atomic mass is 19.4. The lowest BCUT2D eigenvalue weighted by Gasteiger charge is -2.33. The summed E-state index contributed by atoms with van der Waals surface area (Å²) < 4.78 is 45.3. The normalized spacial score (nSPS) is 17.4. The molecular formula is C19H22F3N7O. The predicted molar refractivity (Wildman–Crippen MR) is 108 cm³/mol. The van der Waals surface area contributed by atoms with E-state index < -0.39 is 11.7 Å². The molecule has 3 heterocycles. The van der Waals surface area contributed by atoms with Gasteiger partial charge in [-0.2, -0.15) is 13.2 Å². The van der Waals surface area contributed by atoms with Gasteiger partial charge >= 0.3 is 6.18 Å². The summed E-state index contributed by atoms with van der Waals surface area (Å²) in [5, 5.41) is 3.13. The molecule has 0 amide bonds. The zero-order valence-corrected chi connectivity index (χ0v) is 16.6. The highest BCUT2D eigenvalue weighted by Crippen LogP contribution is 2.31. The van der Waals surface area contributed by atoms with Gasteiger partial charge in [-0.25, -0.2) is 15.0 Å². The number of nitrogens with one attached hydrogen (secondary N) is 1. The van der Waals surface area contributed by atoms with E-state index in [4.69, 9.17) is 15.5 Å². The fourth-order valence-corrected chi connectivity index (χ4v) is 3.69. The Morgan fingerprint density at radius 1 is 1.23 bits per heavy atom. The zero-order valence-electron chi connectivity index (χ0n) is 16.6. The average molecular weight is 421 g/mol. The number of imidazole rings is 1. The topological polar surface area (TPSA) is 94.1 Å². The summed E-state index contributed by atoms with van der Waals surface area (Å²) in [4.78, 5) is 14.5. The maximum atomic E-state index is 12.7. The molecule has 1 fully saturated rings. The van der Waals surface area contributed by atoms with Crippen molar-refractivity contribution in [2.75, 3.05) is 36.1 Å². The number of rotatable bonds is 4. The molecule has 160 valence electrons. The van der Waals surface area contributed by atoms with Gasteiger partial charge in [0.05, 0.1) is 29.4 Å². The molecule has 4 rings (SSSR count). The molecule has 0 bridgehead atoms. The van der Waals surface area contributed by atoms with Crippen molar-refractivity contribution < 1.29 is 17.9 Å². The van der Waals surface area contributed by atoms with Crippen LogP contribution in [0.2, 0.25) is 0 Å². The molecule has 2 aromatic heterocycles. The minimum atomic E-state index is -4.45. The van der Waals surface area contributed by atoms with Crippen LogP contribution in [0.4, 0.5) is 30.8 Å². The van der Waals surface area contributed by atoms with Crippen LogP contribution >= 0.6 is 0 Å². The van der Waals surface area contributed by atoms with Crippen molar-refractivity contribution in [1.29, 1.82) is 0 Å². The molecule has 1 aliphatic rings. The van der Waals surface area contributed by atoms with Gasteiger partial charge in [-0.3, -0.25) is 0 Å². The summed E-state index contributed by atoms with van der Waals surface area (Å²) in [6, 6.07) is 3.62. The maximum absolute atomic E-state index is 12.7. The van der Waals surface area contributed by atoms with Crippen LogP contribution in [0.15, 0.2) is 24.5 Å². The number of nitrogens with two attached hydrogens (primary N) is 1. The summed E-state index contributed by atoms with van der Waals surface area (Å²) in [5.41, 5.74) is 7.32. The van der Waals surface area contributed by atoms with Crippen LogP contribution in [0.25, 0.3) is 11.0 Å². The number of alkyl halides is 3. The molecule has 1 aromatic carbocycles. The second-order valence-corrected chi connectivity index (χ2v) is 7.28. The molecular weight excluding hydrogens is 399 g/mol. The summed E-state index contributed by atoms with van der Waals surface area (Å²) in [6.07, 6.45) is -1.12. The number of hydrogen-bond acceptors (Lipinski definition) is 7. The smallest absolute Gasteiger partial charge is 0.419 e. The maximum Gasteiger partial charge on any atom is 0.419 e. The van der Waals surface area contributed by atoms with Gasteiger partial charge in [-0.15, -0.1) is 0 Å². The van der Waals surface area contributed by atoms with Crippen LogP contribution in [-0.2, 0) is 13.2 Å². The molecule has 8 nitrogen and oxygen atoms in total. The molecule has 3 N–H and O–H groups in total. The molecule has 3 aromatic rings. The van der Waals surface area contributed by atoms with Crippen molar-refractivity contribution in [2.24, 2.45) is 7.05 Å². The van der Waals surface area contributed by atoms with E-state index in [0.29, 0.717) is 18.0 Å². The first-order valence-corrected chi connectivity index (χ1v) is 9.47. The average Bonchev–Trinajstić information content (AvgIpc) is 3.02. The Morgan fingerprint density at radius 3 is 2.63 bits per heavy atom. The summed E-state index contributed by atoms with van der Waals surface area (Å²) in [6.45, 7) is 1.43. The molecule has 0 spiro atoms. The minimum Gasteiger partial charge on any atom is -0.495 e. The zero-order chi connectivity index (χ0) is 21.5. The van der Waals surface area contributed by atoms with E-state index in [9.17, 15) is 13.2 Å². The van der Waals surface area contributed by atoms with Crippen molar-refractivity contribution >= 4 is 28.6 Å². The van der Waals surface area contributed by atoms with Crippen molar-refractivity contribution in [3.05, 3.63) is 30.1 Å². The van der Waals surface area contributed by atoms with E-state index in [1.54, 1.807) is 13.2 Å². The number of ether oxygens (including phenoxy) is 1. The van der Waals surface area contributed by atoms with E-state index in [1.807, 2.05) is 17.7 Å². The van der Waals surface area contributed by atoms with E-state index >= 15 is 0 Å². The monoisotopic (exact) mass is 421 g/mol. The first-order chi connectivity index (χ1) is 14.3. The Labute approximate surface area is 170 Å². The van der Waals surface area contributed by atoms with Crippen LogP contribution in [0.1, 0.15) is 18.4 Å². The number of hydrogen-bond donors (Lipinski definition) is 2. The van der Waals surface area contributed by atoms with Gasteiger partial charge in [0.1, 0.15) is 5.75 Å². The van der Waals surface area contributed by atoms with Crippen molar-refractivity contribution in [1.82, 2.24) is 19.5 Å². The number of piperidine rings is 1. The first-order valence-electron chi connectivity index (χ1n) is 9.47. The van der Waals surface area contributed by atoms with Gasteiger partial charge in [0.25, 0.3) is 0 Å². The number of anilines is 3. The Morgan fingerprint density at radius 2 is 1.97 bits per heavy atom. The van der Waals surface area contributed by atoms with Crippen LogP contribution in [0, 0.1) is 0 Å². The Kier molecular flexibility index (Phi) is 5.04. The summed E-state index contributed by atoms with van der Waals surface area (Å²) in [5.74, 6) is 1.56. The standard InChI is InChI=1S/C19H22F3N7O/c1-28-15-7-16(30-2)13(23)6-14(15)27-18(28)29-5-3-4-12(10-29)26-17-24-8-11(9-25-17)19(20,21)22/h6-9,12H,3-5,10,23H2,1-2H3,(H,24,25,26)/t12-/m1/s1. The second-order valence-electron chi connectivity index (χ2n) is 7.28. The van der Waals surface area contributed by atoms with Crippen molar-refractivity contribution in [3.63, 3.8) is 0 Å². The van der Waals surface area contributed by atoms with E-state index in [1.165, 1.54) is 0 Å². The Hall–Kier alpha value is -3.24. The van der Waals surface area contributed by atoms with Gasteiger partial charge in [0, 0.05) is 44.6 Å². The lowest BCUT2D eigenvalue weighted by atomic mass is 10.1. The molecule has 1 saturated heterocycles. The van der Waals surface area contributed by atoms with Crippen LogP contribution in [0.3, 0.4) is 0 Å². The number of methoxy groups -OCH3 is 1. The Balaban J connectivity index is 1.52. The lowest BCUT2D eigenvalue weighted by Crippen LogP contribution is -2.43. The van der Waals surface area contributed by atoms with Crippen LogP contribution in [-0.4, -0.2) is 45.8 Å². The van der Waals surface area contributed by atoms with Crippen molar-refractivity contribution in [3.8, 4) is 5.75 Å². The number of benzene rings is 1. The molecule has 1 atom stereocenters. The summed E-state index contributed by atoms with van der Waals surface area (Å²) >= 11 is 0. The first kappa shape index (κ1) is 20.0. The third-order valence-corrected chi connectivity index (χ3v) is 5.23. The van der Waals surface area contributed by atoms with Crippen LogP contribution in [0.5, 0.6) is 5.75 Å². The highest BCUT2D eigenvalue weighted by Gasteiger charge is 2.31. The molecule has 1 aliphatic heterocycles. The highest BCUT2D eigenvalue weighted by molar-refractivity contribution is 5.85. The van der Waals surface area contributed by atoms with E-state index in [0.717, 1.165) is 48.8 Å². The fourth-order valence-electron chi connectivity index (χ4n) is 3.69. The quantitative estimate of drug-likeness (QED) is 0.626. The lowest BCUT2D eigenvalue weighted by molar-refractivity contribution is -0.138. The number of fused-ring (bicyclic) bond motifs is 1. The number of nitrogens with zero attached hydrogens (tertiary/aromatic N) is 5. The minimum absolute atomic E-state index is 0.0186. The SMILES string of the molecule is COc1cc2c(cc1N)nc(N1CCC[C@@H](Nc3ncc(C(F)(F)F)cn3)C1)n2C. The third-order valence-electron chi connectivity index (χ3n) is 5.23. The van der Waals surface area contributed by atoms with Crippen molar-refractivity contribution in [2.45, 2.75) is 25.1 Å². The van der Waals surface area contributed by atoms with Crippen LogP contribution < -0.4 is 20.7 Å². The number of aryl methyl sites for hydroxylation is 1. The molecule has 30 heavy (non-hydrogen) atoms. The van der Waals surface area contributed by atoms with Gasteiger partial charge in [0.2, 0.25) is 11.9 Å². The molecule has 11 heteroatoms. The molecule has 0 saturated carbocycles. The van der Waals surface area contributed by atoms with Gasteiger partial charge in [-0.1, -0.05) is 0 Å². The number of nitrogen functional groups attached to an aromatic ring is 1. The Bertz CT molecular complexity index is 1050. The van der Waals surface area contributed by atoms with E-state index in [-0.39, 0.29) is 12.0 Å². The predicted octanol–water partition coefficient (Wildman–Crippen LogP) is 3.05. The largest absolute Gasteiger partial charge is 0.495 e. The number of aromatic nitrogens is 4. The van der Waals surface area contributed by atoms with E-state index in [2.05, 4.69) is 20.2 Å². The number of halogens is 3. The summed E-state index contributed by atoms with van der Waals surface area (Å²) in [7, 11) is 3.50. The van der Waals surface area contributed by atoms with Gasteiger partial charge in [-0.05, 0) is 18.9 Å². The molecule has 0 aliphatic carbocycles.